The van der Waals surface area contributed by atoms with Crippen LogP contribution in [0.1, 0.15) is 27.7 Å². The third kappa shape index (κ3) is 4.70. The molecule has 0 aromatic heterocycles. The average molecular weight is 330 g/mol. The van der Waals surface area contributed by atoms with Gasteiger partial charge in [0, 0.05) is 12.6 Å². The Morgan fingerprint density at radius 3 is 2.45 bits per heavy atom. The molecule has 0 aliphatic heterocycles. The lowest BCUT2D eigenvalue weighted by molar-refractivity contribution is 0.254. The van der Waals surface area contributed by atoms with Crippen LogP contribution < -0.4 is 5.73 Å². The SMILES string of the molecule is CCN(C)C1C=C(S(=O)(=O)O)C(N=NC(C)(C)CN)=CC1C. The minimum atomic E-state index is -4.37. The Labute approximate surface area is 132 Å². The van der Waals surface area contributed by atoms with Gasteiger partial charge in [0.1, 0.15) is 10.6 Å². The highest BCUT2D eigenvalue weighted by atomic mass is 32.2. The second-order valence-electron chi connectivity index (χ2n) is 6.20. The van der Waals surface area contributed by atoms with Crippen molar-refractivity contribution in [2.24, 2.45) is 21.9 Å². The van der Waals surface area contributed by atoms with Crippen LogP contribution in [0.25, 0.3) is 0 Å². The second-order valence-corrected chi connectivity index (χ2v) is 7.59. The summed E-state index contributed by atoms with van der Waals surface area (Å²) in [4.78, 5) is 1.80. The van der Waals surface area contributed by atoms with E-state index in [0.717, 1.165) is 6.54 Å². The molecule has 0 bridgehead atoms. The maximum absolute atomic E-state index is 11.7. The summed E-state index contributed by atoms with van der Waals surface area (Å²) in [6.45, 7) is 8.59. The Morgan fingerprint density at radius 1 is 1.41 bits per heavy atom. The predicted octanol–water partition coefficient (Wildman–Crippen LogP) is 1.80. The first-order valence-corrected chi connectivity index (χ1v) is 8.70. The molecule has 0 radical (unpaired) electrons. The highest BCUT2D eigenvalue weighted by molar-refractivity contribution is 7.90. The molecular weight excluding hydrogens is 304 g/mol. The van der Waals surface area contributed by atoms with E-state index in [4.69, 9.17) is 5.73 Å². The van der Waals surface area contributed by atoms with Crippen LogP contribution in [0.5, 0.6) is 0 Å². The number of azo groups is 1. The topological polar surface area (TPSA) is 108 Å². The summed E-state index contributed by atoms with van der Waals surface area (Å²) in [7, 11) is -2.47. The number of hydrogen-bond donors (Lipinski definition) is 2. The molecule has 0 amide bonds. The lowest BCUT2D eigenvalue weighted by atomic mass is 9.94. The fourth-order valence-corrected chi connectivity index (χ4v) is 2.78. The molecule has 3 N–H and O–H groups in total. The van der Waals surface area contributed by atoms with Gasteiger partial charge in [-0.25, -0.2) is 0 Å². The summed E-state index contributed by atoms with van der Waals surface area (Å²) in [5.74, 6) is 0.0467. The van der Waals surface area contributed by atoms with Gasteiger partial charge in [-0.1, -0.05) is 19.9 Å². The molecule has 7 nitrogen and oxygen atoms in total. The zero-order chi connectivity index (χ0) is 17.1. The third-order valence-electron chi connectivity index (χ3n) is 3.75. The number of nitrogens with two attached hydrogens (primary N) is 1. The summed E-state index contributed by atoms with van der Waals surface area (Å²) in [6, 6.07) is -0.122. The molecule has 0 saturated carbocycles. The van der Waals surface area contributed by atoms with Crippen molar-refractivity contribution in [2.45, 2.75) is 39.3 Å². The zero-order valence-electron chi connectivity index (χ0n) is 13.8. The normalized spacial score (nSPS) is 23.8. The van der Waals surface area contributed by atoms with Gasteiger partial charge in [0.2, 0.25) is 0 Å². The first-order chi connectivity index (χ1) is 10.0. The minimum absolute atomic E-state index is 0.0467. The highest BCUT2D eigenvalue weighted by Gasteiger charge is 2.30. The van der Waals surface area contributed by atoms with Crippen molar-refractivity contribution in [3.63, 3.8) is 0 Å². The first kappa shape index (κ1) is 19.0. The molecule has 1 aliphatic rings. The molecule has 1 aliphatic carbocycles. The van der Waals surface area contributed by atoms with Gasteiger partial charge in [-0.15, -0.1) is 0 Å². The molecule has 2 atom stereocenters. The summed E-state index contributed by atoms with van der Waals surface area (Å²) >= 11 is 0. The number of likely N-dealkylation sites (N-methyl/N-ethyl adjacent to an activating group) is 1. The fraction of sp³-hybridized carbons (Fsp3) is 0.714. The standard InChI is InChI=1S/C14H26N4O3S/c1-6-18(5)12-8-13(22(19,20)21)11(7-10(12)2)16-17-14(3,4)9-15/h7-8,10,12H,6,9,15H2,1-5H3,(H,19,20,21). The monoisotopic (exact) mass is 330 g/mol. The van der Waals surface area contributed by atoms with Gasteiger partial charge in [-0.05, 0) is 39.4 Å². The van der Waals surface area contributed by atoms with Crippen molar-refractivity contribution in [3.05, 3.63) is 22.8 Å². The number of nitrogens with zero attached hydrogens (tertiary/aromatic N) is 3. The van der Waals surface area contributed by atoms with Gasteiger partial charge >= 0.3 is 0 Å². The smallest absolute Gasteiger partial charge is 0.296 e. The fourth-order valence-electron chi connectivity index (χ4n) is 2.09. The molecule has 0 aromatic rings. The Balaban J connectivity index is 3.25. The van der Waals surface area contributed by atoms with E-state index in [1.165, 1.54) is 6.08 Å². The van der Waals surface area contributed by atoms with Crippen LogP contribution in [0.2, 0.25) is 0 Å². The first-order valence-electron chi connectivity index (χ1n) is 7.26. The van der Waals surface area contributed by atoms with Crippen molar-refractivity contribution in [2.75, 3.05) is 20.1 Å². The maximum atomic E-state index is 11.7. The molecular formula is C14H26N4O3S. The molecule has 2 unspecified atom stereocenters. The Kier molecular flexibility index (Phi) is 6.03. The molecule has 0 aromatic carbocycles. The Hall–Kier alpha value is -1.09. The van der Waals surface area contributed by atoms with E-state index in [1.807, 2.05) is 25.8 Å². The van der Waals surface area contributed by atoms with E-state index in [1.54, 1.807) is 19.9 Å². The van der Waals surface area contributed by atoms with Crippen molar-refractivity contribution in [1.82, 2.24) is 4.90 Å². The maximum Gasteiger partial charge on any atom is 0.296 e. The van der Waals surface area contributed by atoms with E-state index in [-0.39, 0.29) is 29.1 Å². The summed E-state index contributed by atoms with van der Waals surface area (Å²) in [5.41, 5.74) is 5.16. The molecule has 126 valence electrons. The molecule has 0 heterocycles. The van der Waals surface area contributed by atoms with Gasteiger partial charge in [0.15, 0.2) is 0 Å². The van der Waals surface area contributed by atoms with Crippen LogP contribution in [0.15, 0.2) is 33.0 Å². The highest BCUT2D eigenvalue weighted by Crippen LogP contribution is 2.30. The molecule has 1 rings (SSSR count). The molecule has 8 heteroatoms. The van der Waals surface area contributed by atoms with Crippen LogP contribution >= 0.6 is 0 Å². The zero-order valence-corrected chi connectivity index (χ0v) is 14.6. The summed E-state index contributed by atoms with van der Waals surface area (Å²) in [6.07, 6.45) is 3.25. The van der Waals surface area contributed by atoms with Crippen LogP contribution in [0.3, 0.4) is 0 Å². The molecule has 0 spiro atoms. The quantitative estimate of drug-likeness (QED) is 0.570. The van der Waals surface area contributed by atoms with Crippen molar-refractivity contribution in [1.29, 1.82) is 0 Å². The van der Waals surface area contributed by atoms with Crippen LogP contribution in [-0.4, -0.2) is 49.6 Å². The van der Waals surface area contributed by atoms with Gasteiger partial charge in [-0.2, -0.15) is 18.6 Å². The van der Waals surface area contributed by atoms with E-state index in [2.05, 4.69) is 10.2 Å². The van der Waals surface area contributed by atoms with Crippen molar-refractivity contribution < 1.29 is 13.0 Å². The van der Waals surface area contributed by atoms with Crippen molar-refractivity contribution >= 4 is 10.1 Å². The van der Waals surface area contributed by atoms with Gasteiger partial charge < -0.3 is 5.73 Å². The number of hydrogen-bond acceptors (Lipinski definition) is 6. The molecule has 0 fully saturated rings. The predicted molar refractivity (Wildman–Crippen MR) is 87.0 cm³/mol. The lowest BCUT2D eigenvalue weighted by Crippen LogP contribution is -2.37. The van der Waals surface area contributed by atoms with Crippen LogP contribution in [0.4, 0.5) is 0 Å². The largest absolute Gasteiger partial charge is 0.328 e. The summed E-state index contributed by atoms with van der Waals surface area (Å²) < 4.78 is 32.8. The molecule has 0 saturated heterocycles. The van der Waals surface area contributed by atoms with E-state index in [0.29, 0.717) is 0 Å². The number of rotatable bonds is 6. The third-order valence-corrected chi connectivity index (χ3v) is 4.65. The average Bonchev–Trinajstić information content (AvgIpc) is 2.43. The summed E-state index contributed by atoms with van der Waals surface area (Å²) in [5, 5.41) is 8.11. The Morgan fingerprint density at radius 2 is 2.00 bits per heavy atom. The lowest BCUT2D eigenvalue weighted by Gasteiger charge is -2.31. The molecule has 22 heavy (non-hydrogen) atoms. The van der Waals surface area contributed by atoms with E-state index >= 15 is 0 Å². The second kappa shape index (κ2) is 6.99. The van der Waals surface area contributed by atoms with Gasteiger partial charge in [-0.3, -0.25) is 9.45 Å². The van der Waals surface area contributed by atoms with Crippen LogP contribution in [0, 0.1) is 5.92 Å². The Bertz CT molecular complexity index is 593. The van der Waals surface area contributed by atoms with E-state index < -0.39 is 15.7 Å². The van der Waals surface area contributed by atoms with Crippen molar-refractivity contribution in [3.8, 4) is 0 Å². The van der Waals surface area contributed by atoms with Gasteiger partial charge in [0.05, 0.1) is 5.54 Å². The minimum Gasteiger partial charge on any atom is -0.328 e. The van der Waals surface area contributed by atoms with E-state index in [9.17, 15) is 13.0 Å². The van der Waals surface area contributed by atoms with Gasteiger partial charge in [0.25, 0.3) is 10.1 Å². The van der Waals surface area contributed by atoms with Crippen LogP contribution in [-0.2, 0) is 10.1 Å².